The van der Waals surface area contributed by atoms with Gasteiger partial charge in [0.1, 0.15) is 5.75 Å². The third kappa shape index (κ3) is 4.04. The second-order valence-electron chi connectivity index (χ2n) is 6.80. The van der Waals surface area contributed by atoms with E-state index in [0.29, 0.717) is 0 Å². The molecule has 0 aliphatic carbocycles. The molecule has 0 spiro atoms. The van der Waals surface area contributed by atoms with Gasteiger partial charge in [-0.15, -0.1) is 0 Å². The molecule has 1 aromatic carbocycles. The summed E-state index contributed by atoms with van der Waals surface area (Å²) in [7, 11) is 2.89. The Balaban J connectivity index is 1.83. The van der Waals surface area contributed by atoms with Crippen molar-refractivity contribution in [2.24, 2.45) is 5.92 Å². The minimum atomic E-state index is -4.55. The number of benzene rings is 1. The van der Waals surface area contributed by atoms with Gasteiger partial charge in [-0.05, 0) is 24.3 Å². The Hall–Kier alpha value is -3.63. The molecule has 158 valence electrons. The molecule has 1 aliphatic heterocycles. The number of carbonyl (C=O) groups excluding carboxylic acids is 3. The number of anilines is 1. The maximum absolute atomic E-state index is 12.9. The lowest BCUT2D eigenvalue weighted by atomic mass is 10.0. The number of nitrogens with one attached hydrogen (secondary N) is 1. The number of nitrogens with zero attached hydrogens (tertiary/aromatic N) is 3. The molecule has 1 saturated heterocycles. The number of pyridine rings is 1. The number of aromatic nitrogens is 1. The third-order valence-corrected chi connectivity index (χ3v) is 4.57. The number of phenols is 1. The lowest BCUT2D eigenvalue weighted by molar-refractivity contribution is -0.158. The van der Waals surface area contributed by atoms with Crippen LogP contribution in [0, 0.1) is 5.92 Å². The number of hydrogen-bond acceptors (Lipinski definition) is 5. The first-order chi connectivity index (χ1) is 14.0. The van der Waals surface area contributed by atoms with Gasteiger partial charge in [-0.3, -0.25) is 19.4 Å². The number of carbonyl (C=O) groups is 3. The molecular weight excluding hydrogens is 405 g/mol. The molecule has 0 unspecified atom stereocenters. The van der Waals surface area contributed by atoms with Crippen LogP contribution in [0.2, 0.25) is 0 Å². The van der Waals surface area contributed by atoms with Gasteiger partial charge < -0.3 is 20.2 Å². The van der Waals surface area contributed by atoms with Gasteiger partial charge in [-0.25, -0.2) is 0 Å². The summed E-state index contributed by atoms with van der Waals surface area (Å²) in [5.74, 6) is -4.35. The van der Waals surface area contributed by atoms with E-state index in [0.717, 1.165) is 24.4 Å². The fraction of sp³-hybridized carbons (Fsp3) is 0.263. The number of amides is 3. The van der Waals surface area contributed by atoms with Crippen LogP contribution in [0.5, 0.6) is 5.75 Å². The summed E-state index contributed by atoms with van der Waals surface area (Å²) in [5.41, 5.74) is -0.848. The van der Waals surface area contributed by atoms with E-state index in [-0.39, 0.29) is 23.6 Å². The van der Waals surface area contributed by atoms with E-state index >= 15 is 0 Å². The summed E-state index contributed by atoms with van der Waals surface area (Å²) in [6, 6.07) is 5.37. The first-order valence-corrected chi connectivity index (χ1v) is 8.66. The Morgan fingerprint density at radius 1 is 1.13 bits per heavy atom. The topological polar surface area (TPSA) is 103 Å². The predicted molar refractivity (Wildman–Crippen MR) is 98.9 cm³/mol. The van der Waals surface area contributed by atoms with Crippen LogP contribution in [0.25, 0.3) is 11.3 Å². The zero-order valence-corrected chi connectivity index (χ0v) is 15.9. The third-order valence-electron chi connectivity index (χ3n) is 4.57. The molecule has 0 bridgehead atoms. The smallest absolute Gasteiger partial charge is 0.416 e. The van der Waals surface area contributed by atoms with E-state index in [4.69, 9.17) is 0 Å². The quantitative estimate of drug-likeness (QED) is 0.581. The van der Waals surface area contributed by atoms with Gasteiger partial charge in [0, 0.05) is 25.9 Å². The van der Waals surface area contributed by atoms with Crippen LogP contribution >= 0.6 is 0 Å². The molecule has 2 N–H and O–H groups in total. The highest BCUT2D eigenvalue weighted by Crippen LogP contribution is 2.33. The van der Waals surface area contributed by atoms with Crippen molar-refractivity contribution in [3.05, 3.63) is 42.1 Å². The Morgan fingerprint density at radius 3 is 2.33 bits per heavy atom. The van der Waals surface area contributed by atoms with Crippen molar-refractivity contribution in [2.75, 3.05) is 26.1 Å². The average Bonchev–Trinajstić information content (AvgIpc) is 2.67. The largest absolute Gasteiger partial charge is 0.506 e. The molecule has 1 aromatic heterocycles. The molecule has 30 heavy (non-hydrogen) atoms. The highest BCUT2D eigenvalue weighted by atomic mass is 19.4. The molecule has 0 saturated carbocycles. The molecule has 3 rings (SSSR count). The standard InChI is InChI=1S/C19H17F3N4O4/c1-25-9-26(2)18(30)15(17(25)29)16(28)24-12-4-3-10(7-14(12)27)13-8-11(5-6-23-13)19(20,21)22/h3-8,15,27H,9H2,1-2H3,(H,24,28). The van der Waals surface area contributed by atoms with Crippen molar-refractivity contribution >= 4 is 23.4 Å². The number of aromatic hydroxyl groups is 1. The number of halogens is 3. The van der Waals surface area contributed by atoms with Crippen molar-refractivity contribution in [3.8, 4) is 17.0 Å². The average molecular weight is 422 g/mol. The maximum Gasteiger partial charge on any atom is 0.416 e. The van der Waals surface area contributed by atoms with Gasteiger partial charge in [0.05, 0.1) is 23.6 Å². The van der Waals surface area contributed by atoms with E-state index < -0.39 is 41.1 Å². The van der Waals surface area contributed by atoms with E-state index in [1.807, 2.05) is 0 Å². The number of phenolic OH excluding ortho intramolecular Hbond substituents is 1. The van der Waals surface area contributed by atoms with Gasteiger partial charge in [0.15, 0.2) is 5.92 Å². The van der Waals surface area contributed by atoms with Crippen LogP contribution in [0.15, 0.2) is 36.5 Å². The van der Waals surface area contributed by atoms with Crippen molar-refractivity contribution < 1.29 is 32.7 Å². The second kappa shape index (κ2) is 7.65. The molecule has 2 aromatic rings. The minimum Gasteiger partial charge on any atom is -0.506 e. The summed E-state index contributed by atoms with van der Waals surface area (Å²) in [6.45, 7) is 0.0470. The van der Waals surface area contributed by atoms with Gasteiger partial charge in [0.25, 0.3) is 0 Å². The van der Waals surface area contributed by atoms with E-state index in [9.17, 15) is 32.7 Å². The highest BCUT2D eigenvalue weighted by molar-refractivity contribution is 6.21. The lowest BCUT2D eigenvalue weighted by Gasteiger charge is -2.34. The summed E-state index contributed by atoms with van der Waals surface area (Å²) >= 11 is 0. The van der Waals surface area contributed by atoms with Crippen molar-refractivity contribution in [1.82, 2.24) is 14.8 Å². The molecule has 0 radical (unpaired) electrons. The molecule has 11 heteroatoms. The van der Waals surface area contributed by atoms with E-state index in [1.165, 1.54) is 36.0 Å². The number of alkyl halides is 3. The fourth-order valence-corrected chi connectivity index (χ4v) is 2.99. The zero-order valence-electron chi connectivity index (χ0n) is 15.9. The normalized spacial score (nSPS) is 15.5. The molecule has 1 aliphatic rings. The van der Waals surface area contributed by atoms with E-state index in [2.05, 4.69) is 10.3 Å². The van der Waals surface area contributed by atoms with Gasteiger partial charge in [-0.2, -0.15) is 13.2 Å². The summed E-state index contributed by atoms with van der Waals surface area (Å²) in [6.07, 6.45) is -3.55. The zero-order chi connectivity index (χ0) is 22.2. The van der Waals surface area contributed by atoms with Gasteiger partial charge in [0.2, 0.25) is 17.7 Å². The summed E-state index contributed by atoms with van der Waals surface area (Å²) < 4.78 is 38.6. The molecule has 8 nitrogen and oxygen atoms in total. The molecule has 3 amide bonds. The maximum atomic E-state index is 12.9. The van der Waals surface area contributed by atoms with Crippen LogP contribution in [-0.2, 0) is 20.6 Å². The first-order valence-electron chi connectivity index (χ1n) is 8.66. The van der Waals surface area contributed by atoms with Crippen molar-refractivity contribution in [1.29, 1.82) is 0 Å². The molecule has 2 heterocycles. The van der Waals surface area contributed by atoms with Crippen LogP contribution in [0.1, 0.15) is 5.56 Å². The Bertz CT molecular complexity index is 1010. The lowest BCUT2D eigenvalue weighted by Crippen LogP contribution is -2.57. The highest BCUT2D eigenvalue weighted by Gasteiger charge is 2.42. The van der Waals surface area contributed by atoms with Crippen LogP contribution in [0.3, 0.4) is 0 Å². The van der Waals surface area contributed by atoms with E-state index in [1.54, 1.807) is 0 Å². The minimum absolute atomic E-state index is 0.0288. The van der Waals surface area contributed by atoms with Crippen LogP contribution < -0.4 is 5.32 Å². The first kappa shape index (κ1) is 21.1. The van der Waals surface area contributed by atoms with Gasteiger partial charge >= 0.3 is 6.18 Å². The Labute approximate surface area is 168 Å². The predicted octanol–water partition coefficient (Wildman–Crippen LogP) is 1.92. The van der Waals surface area contributed by atoms with Gasteiger partial charge in [-0.1, -0.05) is 6.07 Å². The van der Waals surface area contributed by atoms with Crippen molar-refractivity contribution in [3.63, 3.8) is 0 Å². The fourth-order valence-electron chi connectivity index (χ4n) is 2.99. The molecule has 1 fully saturated rings. The van der Waals surface area contributed by atoms with Crippen LogP contribution in [0.4, 0.5) is 18.9 Å². The SMILES string of the molecule is CN1CN(C)C(=O)C(C(=O)Nc2ccc(-c3cc(C(F)(F)F)ccn3)cc2O)C1=O. The Kier molecular flexibility index (Phi) is 5.38. The monoisotopic (exact) mass is 422 g/mol. The van der Waals surface area contributed by atoms with Crippen molar-refractivity contribution in [2.45, 2.75) is 6.18 Å². The molecular formula is C19H17F3N4O4. The Morgan fingerprint density at radius 2 is 1.77 bits per heavy atom. The molecule has 0 atom stereocenters. The second-order valence-corrected chi connectivity index (χ2v) is 6.80. The number of hydrogen-bond donors (Lipinski definition) is 2. The number of rotatable bonds is 3. The summed E-state index contributed by atoms with van der Waals surface area (Å²) in [4.78, 5) is 43.2. The van der Waals surface area contributed by atoms with Crippen LogP contribution in [-0.4, -0.2) is 58.4 Å². The summed E-state index contributed by atoms with van der Waals surface area (Å²) in [5, 5.41) is 12.5.